The molecule has 1 unspecified atom stereocenters. The van der Waals surface area contributed by atoms with Crippen LogP contribution >= 0.6 is 0 Å². The Bertz CT molecular complexity index is 403. The third-order valence-corrected chi connectivity index (χ3v) is 2.45. The van der Waals surface area contributed by atoms with Crippen LogP contribution in [-0.2, 0) is 0 Å². The molecule has 0 aliphatic carbocycles. The Morgan fingerprint density at radius 3 is 2.85 bits per heavy atom. The van der Waals surface area contributed by atoms with Crippen LogP contribution in [0.4, 0.5) is 0 Å². The van der Waals surface area contributed by atoms with E-state index in [0.717, 1.165) is 0 Å². The van der Waals surface area contributed by atoms with Gasteiger partial charge < -0.3 is 10.3 Å². The van der Waals surface area contributed by atoms with Crippen molar-refractivity contribution in [3.63, 3.8) is 0 Å². The van der Waals surface area contributed by atoms with Crippen LogP contribution in [0.2, 0.25) is 0 Å². The Hall–Kier alpha value is -1.28. The molecule has 1 aromatic carbocycles. The summed E-state index contributed by atoms with van der Waals surface area (Å²) in [5.74, 6) is 0. The molecule has 0 saturated heterocycles. The van der Waals surface area contributed by atoms with Crippen LogP contribution in [0.3, 0.4) is 0 Å². The largest absolute Gasteiger partial charge is 0.343 e. The number of para-hydroxylation sites is 1. The van der Waals surface area contributed by atoms with Crippen molar-refractivity contribution in [3.8, 4) is 0 Å². The summed E-state index contributed by atoms with van der Waals surface area (Å²) in [6.45, 7) is 2.81. The van der Waals surface area contributed by atoms with E-state index in [2.05, 4.69) is 48.0 Å². The van der Waals surface area contributed by atoms with Crippen molar-refractivity contribution in [2.24, 2.45) is 5.73 Å². The molecular formula is C11H14N2. The zero-order chi connectivity index (χ0) is 9.26. The minimum atomic E-state index is 0.375. The number of nitrogens with zero attached hydrogens (tertiary/aromatic N) is 1. The summed E-state index contributed by atoms with van der Waals surface area (Å²) < 4.78 is 2.22. The van der Waals surface area contributed by atoms with Gasteiger partial charge in [0.25, 0.3) is 0 Å². The van der Waals surface area contributed by atoms with Crippen molar-refractivity contribution in [3.05, 3.63) is 36.5 Å². The Labute approximate surface area is 78.0 Å². The van der Waals surface area contributed by atoms with Gasteiger partial charge in [-0.3, -0.25) is 0 Å². The van der Waals surface area contributed by atoms with E-state index in [-0.39, 0.29) is 0 Å². The third kappa shape index (κ3) is 1.33. The van der Waals surface area contributed by atoms with E-state index in [4.69, 9.17) is 5.73 Å². The number of fused-ring (bicyclic) bond motifs is 1. The summed E-state index contributed by atoms with van der Waals surface area (Å²) >= 11 is 0. The van der Waals surface area contributed by atoms with Crippen LogP contribution in [0.1, 0.15) is 13.0 Å². The maximum atomic E-state index is 5.63. The van der Waals surface area contributed by atoms with Crippen LogP contribution in [0.5, 0.6) is 0 Å². The smallest absolute Gasteiger partial charge is 0.0483 e. The van der Waals surface area contributed by atoms with E-state index in [0.29, 0.717) is 12.6 Å². The van der Waals surface area contributed by atoms with Crippen LogP contribution in [-0.4, -0.2) is 11.1 Å². The number of aromatic nitrogens is 1. The Kier molecular flexibility index (Phi) is 2.07. The molecule has 2 N–H and O–H groups in total. The molecule has 0 amide bonds. The molecular weight excluding hydrogens is 160 g/mol. The average molecular weight is 174 g/mol. The van der Waals surface area contributed by atoms with Gasteiger partial charge in [0, 0.05) is 24.3 Å². The second-order valence-corrected chi connectivity index (χ2v) is 3.37. The second kappa shape index (κ2) is 3.23. The fourth-order valence-corrected chi connectivity index (χ4v) is 1.60. The predicted molar refractivity (Wildman–Crippen MR) is 55.7 cm³/mol. The lowest BCUT2D eigenvalue weighted by molar-refractivity contribution is 0.577. The summed E-state index contributed by atoms with van der Waals surface area (Å²) in [5, 5.41) is 1.28. The Morgan fingerprint density at radius 2 is 2.08 bits per heavy atom. The molecule has 1 atom stereocenters. The van der Waals surface area contributed by atoms with E-state index in [1.54, 1.807) is 0 Å². The van der Waals surface area contributed by atoms with E-state index < -0.39 is 0 Å². The van der Waals surface area contributed by atoms with Crippen LogP contribution < -0.4 is 5.73 Å². The van der Waals surface area contributed by atoms with Crippen molar-refractivity contribution < 1.29 is 0 Å². The molecule has 0 aliphatic rings. The van der Waals surface area contributed by atoms with E-state index >= 15 is 0 Å². The summed E-state index contributed by atoms with van der Waals surface area (Å²) in [5.41, 5.74) is 6.90. The van der Waals surface area contributed by atoms with Crippen molar-refractivity contribution in [1.82, 2.24) is 4.57 Å². The first-order valence-electron chi connectivity index (χ1n) is 4.58. The highest BCUT2D eigenvalue weighted by molar-refractivity contribution is 5.80. The highest BCUT2D eigenvalue weighted by Gasteiger charge is 2.04. The van der Waals surface area contributed by atoms with Crippen LogP contribution in [0.25, 0.3) is 10.9 Å². The summed E-state index contributed by atoms with van der Waals surface area (Å²) in [6, 6.07) is 10.9. The fraction of sp³-hybridized carbons (Fsp3) is 0.273. The van der Waals surface area contributed by atoms with E-state index in [1.807, 2.05) is 0 Å². The molecule has 1 aromatic heterocycles. The standard InChI is InChI=1S/C11H14N2/c1-9(8-12)13-7-6-10-4-2-3-5-11(10)13/h2-7,9H,8,12H2,1H3. The lowest BCUT2D eigenvalue weighted by Gasteiger charge is -2.12. The number of benzene rings is 1. The lowest BCUT2D eigenvalue weighted by atomic mass is 10.2. The zero-order valence-electron chi connectivity index (χ0n) is 7.77. The Morgan fingerprint density at radius 1 is 1.31 bits per heavy atom. The minimum absolute atomic E-state index is 0.375. The van der Waals surface area contributed by atoms with Gasteiger partial charge in [0.1, 0.15) is 0 Å². The first kappa shape index (κ1) is 8.32. The molecule has 68 valence electrons. The molecule has 1 heterocycles. The molecule has 2 heteroatoms. The second-order valence-electron chi connectivity index (χ2n) is 3.37. The van der Waals surface area contributed by atoms with Gasteiger partial charge in [-0.2, -0.15) is 0 Å². The topological polar surface area (TPSA) is 30.9 Å². The van der Waals surface area contributed by atoms with Gasteiger partial charge in [-0.05, 0) is 24.4 Å². The SMILES string of the molecule is CC(CN)n1ccc2ccccc21. The first-order chi connectivity index (χ1) is 6.33. The van der Waals surface area contributed by atoms with E-state index in [1.165, 1.54) is 10.9 Å². The third-order valence-electron chi connectivity index (χ3n) is 2.45. The van der Waals surface area contributed by atoms with Gasteiger partial charge in [-0.1, -0.05) is 18.2 Å². The van der Waals surface area contributed by atoms with Gasteiger partial charge in [0.2, 0.25) is 0 Å². The molecule has 0 radical (unpaired) electrons. The van der Waals surface area contributed by atoms with Gasteiger partial charge >= 0.3 is 0 Å². The molecule has 0 spiro atoms. The lowest BCUT2D eigenvalue weighted by Crippen LogP contribution is -2.14. The van der Waals surface area contributed by atoms with Gasteiger partial charge in [0.05, 0.1) is 0 Å². The van der Waals surface area contributed by atoms with Crippen LogP contribution in [0.15, 0.2) is 36.5 Å². The maximum absolute atomic E-state index is 5.63. The summed E-state index contributed by atoms with van der Waals surface area (Å²) in [6.07, 6.45) is 2.10. The number of hydrogen-bond acceptors (Lipinski definition) is 1. The first-order valence-corrected chi connectivity index (χ1v) is 4.58. The normalized spacial score (nSPS) is 13.4. The van der Waals surface area contributed by atoms with Crippen molar-refractivity contribution in [2.45, 2.75) is 13.0 Å². The minimum Gasteiger partial charge on any atom is -0.343 e. The quantitative estimate of drug-likeness (QED) is 0.743. The molecule has 13 heavy (non-hydrogen) atoms. The monoisotopic (exact) mass is 174 g/mol. The van der Waals surface area contributed by atoms with Gasteiger partial charge in [0.15, 0.2) is 0 Å². The van der Waals surface area contributed by atoms with Crippen molar-refractivity contribution >= 4 is 10.9 Å². The molecule has 2 nitrogen and oxygen atoms in total. The summed E-state index contributed by atoms with van der Waals surface area (Å²) in [4.78, 5) is 0. The van der Waals surface area contributed by atoms with E-state index in [9.17, 15) is 0 Å². The number of nitrogens with two attached hydrogens (primary N) is 1. The molecule has 0 fully saturated rings. The fourth-order valence-electron chi connectivity index (χ4n) is 1.60. The zero-order valence-corrected chi connectivity index (χ0v) is 7.77. The molecule has 0 bridgehead atoms. The van der Waals surface area contributed by atoms with Crippen molar-refractivity contribution in [2.75, 3.05) is 6.54 Å². The molecule has 2 aromatic rings. The highest BCUT2D eigenvalue weighted by Crippen LogP contribution is 2.18. The average Bonchev–Trinajstić information content (AvgIpc) is 2.60. The predicted octanol–water partition coefficient (Wildman–Crippen LogP) is 2.16. The van der Waals surface area contributed by atoms with Crippen LogP contribution in [0, 0.1) is 0 Å². The maximum Gasteiger partial charge on any atom is 0.0483 e. The van der Waals surface area contributed by atoms with Crippen molar-refractivity contribution in [1.29, 1.82) is 0 Å². The number of hydrogen-bond donors (Lipinski definition) is 1. The Balaban J connectivity index is 2.57. The molecule has 2 rings (SSSR count). The van der Waals surface area contributed by atoms with Gasteiger partial charge in [-0.15, -0.1) is 0 Å². The highest BCUT2D eigenvalue weighted by atomic mass is 15.0. The van der Waals surface area contributed by atoms with Gasteiger partial charge in [-0.25, -0.2) is 0 Å². The number of rotatable bonds is 2. The summed E-state index contributed by atoms with van der Waals surface area (Å²) in [7, 11) is 0. The molecule has 0 aliphatic heterocycles. The molecule has 0 saturated carbocycles.